The highest BCUT2D eigenvalue weighted by Crippen LogP contribution is 2.37. The van der Waals surface area contributed by atoms with E-state index in [0.29, 0.717) is 24.6 Å². The number of aryl methyl sites for hydroxylation is 1. The first-order valence-corrected chi connectivity index (χ1v) is 9.74. The summed E-state index contributed by atoms with van der Waals surface area (Å²) in [5.41, 5.74) is 8.01. The summed E-state index contributed by atoms with van der Waals surface area (Å²) in [4.78, 5) is 4.50. The summed E-state index contributed by atoms with van der Waals surface area (Å²) < 4.78 is 40.6. The number of alkyl halides is 3. The van der Waals surface area contributed by atoms with Gasteiger partial charge in [0.05, 0.1) is 17.3 Å². The van der Waals surface area contributed by atoms with Gasteiger partial charge in [-0.25, -0.2) is 4.98 Å². The van der Waals surface area contributed by atoms with Crippen LogP contribution in [0.4, 0.5) is 24.7 Å². The van der Waals surface area contributed by atoms with Crippen molar-refractivity contribution in [3.8, 4) is 11.3 Å². The molecule has 1 atom stereocenters. The van der Waals surface area contributed by atoms with Gasteiger partial charge in [-0.1, -0.05) is 42.5 Å². The van der Waals surface area contributed by atoms with Gasteiger partial charge in [0.2, 0.25) is 0 Å². The van der Waals surface area contributed by atoms with Gasteiger partial charge >= 0.3 is 6.18 Å². The third-order valence-electron chi connectivity index (χ3n) is 4.83. The van der Waals surface area contributed by atoms with Crippen LogP contribution in [-0.2, 0) is 6.18 Å². The molecule has 1 aromatic heterocycles. The van der Waals surface area contributed by atoms with E-state index in [9.17, 15) is 13.2 Å². The quantitative estimate of drug-likeness (QED) is 0.470. The van der Waals surface area contributed by atoms with E-state index in [2.05, 4.69) is 15.6 Å². The van der Waals surface area contributed by atoms with Crippen LogP contribution >= 0.6 is 0 Å². The molecule has 2 aromatic carbocycles. The maximum absolute atomic E-state index is 13.5. The predicted octanol–water partition coefficient (Wildman–Crippen LogP) is 5.62. The second-order valence-corrected chi connectivity index (χ2v) is 7.11. The minimum Gasteiger partial charge on any atom is -0.384 e. The molecule has 0 fully saturated rings. The Morgan fingerprint density at radius 1 is 1.03 bits per heavy atom. The Morgan fingerprint density at radius 3 is 2.43 bits per heavy atom. The van der Waals surface area contributed by atoms with Gasteiger partial charge in [-0.3, -0.25) is 0 Å². The van der Waals surface area contributed by atoms with Crippen molar-refractivity contribution < 1.29 is 13.2 Å². The van der Waals surface area contributed by atoms with Crippen molar-refractivity contribution in [1.82, 2.24) is 4.98 Å². The number of nitrogens with one attached hydrogen (secondary N) is 2. The molecule has 0 saturated carbocycles. The first kappa shape index (κ1) is 21.6. The van der Waals surface area contributed by atoms with Gasteiger partial charge in [0.1, 0.15) is 5.82 Å². The second-order valence-electron chi connectivity index (χ2n) is 7.11. The molecule has 1 unspecified atom stereocenters. The highest BCUT2D eigenvalue weighted by atomic mass is 19.4. The molecule has 0 saturated heterocycles. The summed E-state index contributed by atoms with van der Waals surface area (Å²) in [5.74, 6) is 0.486. The molecule has 0 radical (unpaired) electrons. The average molecular weight is 414 g/mol. The molecule has 158 valence electrons. The molecular formula is C23H25F3N4. The lowest BCUT2D eigenvalue weighted by Gasteiger charge is -2.19. The Labute approximate surface area is 174 Å². The molecule has 0 aliphatic carbocycles. The van der Waals surface area contributed by atoms with Crippen molar-refractivity contribution in [2.24, 2.45) is 5.73 Å². The number of nitrogens with two attached hydrogens (primary N) is 1. The van der Waals surface area contributed by atoms with Crippen LogP contribution < -0.4 is 16.4 Å². The van der Waals surface area contributed by atoms with Gasteiger partial charge < -0.3 is 16.4 Å². The van der Waals surface area contributed by atoms with E-state index in [4.69, 9.17) is 5.73 Å². The number of hydrogen-bond acceptors (Lipinski definition) is 4. The third kappa shape index (κ3) is 5.10. The van der Waals surface area contributed by atoms with Gasteiger partial charge in [0.15, 0.2) is 0 Å². The SMILES string of the molecule is Cc1ccccc1C(C)Nc1cc(NCCN)cc(-c2ccccc2C(F)(F)F)n1. The number of hydrogen-bond donors (Lipinski definition) is 3. The summed E-state index contributed by atoms with van der Waals surface area (Å²) in [6.45, 7) is 4.91. The molecule has 1 heterocycles. The van der Waals surface area contributed by atoms with Crippen LogP contribution in [0.1, 0.15) is 29.7 Å². The predicted molar refractivity (Wildman–Crippen MR) is 115 cm³/mol. The van der Waals surface area contributed by atoms with Crippen LogP contribution in [0.3, 0.4) is 0 Å². The molecule has 0 spiro atoms. The highest BCUT2D eigenvalue weighted by molar-refractivity contribution is 5.71. The zero-order chi connectivity index (χ0) is 21.7. The number of anilines is 2. The van der Waals surface area contributed by atoms with Gasteiger partial charge in [-0.2, -0.15) is 13.2 Å². The first-order chi connectivity index (χ1) is 14.3. The van der Waals surface area contributed by atoms with Crippen molar-refractivity contribution in [2.45, 2.75) is 26.1 Å². The minimum atomic E-state index is -4.47. The number of nitrogens with zero attached hydrogens (tertiary/aromatic N) is 1. The fourth-order valence-corrected chi connectivity index (χ4v) is 3.39. The van der Waals surface area contributed by atoms with E-state index in [1.165, 1.54) is 12.1 Å². The Hall–Kier alpha value is -3.06. The Kier molecular flexibility index (Phi) is 6.62. The summed E-state index contributed by atoms with van der Waals surface area (Å²) in [5, 5.41) is 6.46. The smallest absolute Gasteiger partial charge is 0.384 e. The van der Waals surface area contributed by atoms with E-state index in [-0.39, 0.29) is 17.3 Å². The number of rotatable bonds is 7. The molecule has 0 aliphatic rings. The van der Waals surface area contributed by atoms with Gasteiger partial charge in [0.25, 0.3) is 0 Å². The first-order valence-electron chi connectivity index (χ1n) is 9.74. The monoisotopic (exact) mass is 414 g/mol. The molecule has 4 N–H and O–H groups in total. The molecule has 30 heavy (non-hydrogen) atoms. The summed E-state index contributed by atoms with van der Waals surface area (Å²) in [6.07, 6.45) is -4.47. The van der Waals surface area contributed by atoms with Gasteiger partial charge in [-0.05, 0) is 37.1 Å². The highest BCUT2D eigenvalue weighted by Gasteiger charge is 2.33. The lowest BCUT2D eigenvalue weighted by Crippen LogP contribution is -2.14. The number of aromatic nitrogens is 1. The third-order valence-corrected chi connectivity index (χ3v) is 4.83. The summed E-state index contributed by atoms with van der Waals surface area (Å²) in [6, 6.07) is 16.7. The van der Waals surface area contributed by atoms with Gasteiger partial charge in [0, 0.05) is 30.4 Å². The molecule has 7 heteroatoms. The Bertz CT molecular complexity index is 1000. The largest absolute Gasteiger partial charge is 0.417 e. The standard InChI is InChI=1S/C23H25F3N4/c1-15-7-3-4-8-18(15)16(2)29-22-14-17(28-12-11-27)13-21(30-22)19-9-5-6-10-20(19)23(24,25)26/h3-10,13-14,16H,11-12,27H2,1-2H3,(H2,28,29,30). The molecule has 4 nitrogen and oxygen atoms in total. The Morgan fingerprint density at radius 2 is 1.73 bits per heavy atom. The fraction of sp³-hybridized carbons (Fsp3) is 0.261. The zero-order valence-corrected chi connectivity index (χ0v) is 16.9. The molecular weight excluding hydrogens is 389 g/mol. The maximum atomic E-state index is 13.5. The van der Waals surface area contributed by atoms with Gasteiger partial charge in [-0.15, -0.1) is 0 Å². The number of benzene rings is 2. The second kappa shape index (κ2) is 9.17. The number of pyridine rings is 1. The molecule has 0 aliphatic heterocycles. The normalized spacial score (nSPS) is 12.5. The molecule has 0 amide bonds. The summed E-state index contributed by atoms with van der Waals surface area (Å²) in [7, 11) is 0. The van der Waals surface area contributed by atoms with E-state index < -0.39 is 11.7 Å². The minimum absolute atomic E-state index is 0.0352. The number of halogens is 3. The van der Waals surface area contributed by atoms with Crippen LogP contribution in [0.25, 0.3) is 11.3 Å². The van der Waals surface area contributed by atoms with E-state index >= 15 is 0 Å². The van der Waals surface area contributed by atoms with E-state index in [0.717, 1.165) is 17.2 Å². The fourth-order valence-electron chi connectivity index (χ4n) is 3.39. The van der Waals surface area contributed by atoms with Crippen molar-refractivity contribution in [1.29, 1.82) is 0 Å². The molecule has 0 bridgehead atoms. The van der Waals surface area contributed by atoms with Crippen LogP contribution in [0.5, 0.6) is 0 Å². The lowest BCUT2D eigenvalue weighted by molar-refractivity contribution is -0.137. The van der Waals surface area contributed by atoms with Crippen LogP contribution in [-0.4, -0.2) is 18.1 Å². The van der Waals surface area contributed by atoms with Crippen LogP contribution in [0.15, 0.2) is 60.7 Å². The van der Waals surface area contributed by atoms with Crippen molar-refractivity contribution in [3.63, 3.8) is 0 Å². The van der Waals surface area contributed by atoms with E-state index in [1.54, 1.807) is 18.2 Å². The molecule has 3 aromatic rings. The van der Waals surface area contributed by atoms with Crippen LogP contribution in [0.2, 0.25) is 0 Å². The summed E-state index contributed by atoms with van der Waals surface area (Å²) >= 11 is 0. The topological polar surface area (TPSA) is 63.0 Å². The lowest BCUT2D eigenvalue weighted by atomic mass is 10.0. The van der Waals surface area contributed by atoms with Crippen molar-refractivity contribution in [3.05, 3.63) is 77.4 Å². The van der Waals surface area contributed by atoms with Crippen molar-refractivity contribution >= 4 is 11.5 Å². The Balaban J connectivity index is 2.02. The van der Waals surface area contributed by atoms with Crippen LogP contribution in [0, 0.1) is 6.92 Å². The van der Waals surface area contributed by atoms with Crippen molar-refractivity contribution in [2.75, 3.05) is 23.7 Å². The molecule has 3 rings (SSSR count). The maximum Gasteiger partial charge on any atom is 0.417 e. The zero-order valence-electron chi connectivity index (χ0n) is 16.9. The average Bonchev–Trinajstić information content (AvgIpc) is 2.71. The van der Waals surface area contributed by atoms with E-state index in [1.807, 2.05) is 38.1 Å².